The molecule has 0 aromatic heterocycles. The van der Waals surface area contributed by atoms with Crippen LogP contribution in [0, 0.1) is 6.92 Å². The van der Waals surface area contributed by atoms with E-state index in [1.165, 1.54) is 13.2 Å². The molecule has 0 saturated carbocycles. The fraction of sp³-hybridized carbons (Fsp3) is 0.250. The number of esters is 1. The van der Waals surface area contributed by atoms with Crippen LogP contribution in [0.2, 0.25) is 0 Å². The SMILES string of the molecule is COC(=O)C=Cc1ccc(C)cc1OC. The number of benzene rings is 1. The average Bonchev–Trinajstić information content (AvgIpc) is 2.26. The van der Waals surface area contributed by atoms with Crippen molar-refractivity contribution in [2.24, 2.45) is 0 Å². The molecular weight excluding hydrogens is 192 g/mol. The van der Waals surface area contributed by atoms with E-state index in [9.17, 15) is 4.79 Å². The first-order valence-electron chi connectivity index (χ1n) is 4.58. The van der Waals surface area contributed by atoms with Gasteiger partial charge >= 0.3 is 5.97 Å². The van der Waals surface area contributed by atoms with E-state index in [-0.39, 0.29) is 5.97 Å². The minimum atomic E-state index is -0.377. The van der Waals surface area contributed by atoms with Crippen molar-refractivity contribution in [1.82, 2.24) is 0 Å². The van der Waals surface area contributed by atoms with Gasteiger partial charge in [-0.1, -0.05) is 12.1 Å². The zero-order valence-corrected chi connectivity index (χ0v) is 9.11. The van der Waals surface area contributed by atoms with Gasteiger partial charge in [0, 0.05) is 11.6 Å². The van der Waals surface area contributed by atoms with Crippen LogP contribution in [-0.4, -0.2) is 20.2 Å². The van der Waals surface area contributed by atoms with E-state index in [4.69, 9.17) is 4.74 Å². The lowest BCUT2D eigenvalue weighted by Crippen LogP contribution is -1.94. The highest BCUT2D eigenvalue weighted by molar-refractivity contribution is 5.87. The molecule has 0 saturated heterocycles. The first-order valence-corrected chi connectivity index (χ1v) is 4.58. The van der Waals surface area contributed by atoms with Gasteiger partial charge in [-0.3, -0.25) is 0 Å². The first-order chi connectivity index (χ1) is 7.17. The van der Waals surface area contributed by atoms with E-state index in [0.29, 0.717) is 0 Å². The summed E-state index contributed by atoms with van der Waals surface area (Å²) in [6.45, 7) is 1.98. The van der Waals surface area contributed by atoms with Gasteiger partial charge in [0.05, 0.1) is 14.2 Å². The van der Waals surface area contributed by atoms with Crippen LogP contribution in [0.15, 0.2) is 24.3 Å². The number of carbonyl (C=O) groups excluding carboxylic acids is 1. The van der Waals surface area contributed by atoms with Gasteiger partial charge in [-0.2, -0.15) is 0 Å². The van der Waals surface area contributed by atoms with Crippen LogP contribution in [0.5, 0.6) is 5.75 Å². The summed E-state index contributed by atoms with van der Waals surface area (Å²) in [6.07, 6.45) is 3.04. The topological polar surface area (TPSA) is 35.5 Å². The van der Waals surface area contributed by atoms with Gasteiger partial charge in [-0.25, -0.2) is 4.79 Å². The van der Waals surface area contributed by atoms with Crippen LogP contribution in [0.1, 0.15) is 11.1 Å². The number of aryl methyl sites for hydroxylation is 1. The largest absolute Gasteiger partial charge is 0.496 e. The molecule has 0 atom stereocenters. The highest BCUT2D eigenvalue weighted by Crippen LogP contribution is 2.21. The second kappa shape index (κ2) is 5.20. The number of rotatable bonds is 3. The molecule has 80 valence electrons. The van der Waals surface area contributed by atoms with Crippen LogP contribution >= 0.6 is 0 Å². The van der Waals surface area contributed by atoms with Crippen molar-refractivity contribution >= 4 is 12.0 Å². The van der Waals surface area contributed by atoms with Crippen LogP contribution in [0.25, 0.3) is 6.08 Å². The Morgan fingerprint density at radius 3 is 2.67 bits per heavy atom. The van der Waals surface area contributed by atoms with Crippen LogP contribution in [-0.2, 0) is 9.53 Å². The van der Waals surface area contributed by atoms with E-state index in [0.717, 1.165) is 16.9 Å². The molecule has 15 heavy (non-hydrogen) atoms. The van der Waals surface area contributed by atoms with Gasteiger partial charge in [-0.15, -0.1) is 0 Å². The maximum atomic E-state index is 10.9. The molecule has 0 amide bonds. The van der Waals surface area contributed by atoms with E-state index < -0.39 is 0 Å². The predicted molar refractivity (Wildman–Crippen MR) is 58.8 cm³/mol. The maximum Gasteiger partial charge on any atom is 0.330 e. The summed E-state index contributed by atoms with van der Waals surface area (Å²) in [7, 11) is 2.95. The third kappa shape index (κ3) is 3.13. The van der Waals surface area contributed by atoms with E-state index in [1.54, 1.807) is 13.2 Å². The third-order valence-electron chi connectivity index (χ3n) is 1.99. The van der Waals surface area contributed by atoms with Gasteiger partial charge in [0.25, 0.3) is 0 Å². The van der Waals surface area contributed by atoms with Crippen molar-refractivity contribution in [1.29, 1.82) is 0 Å². The van der Waals surface area contributed by atoms with Crippen molar-refractivity contribution in [3.05, 3.63) is 35.4 Å². The summed E-state index contributed by atoms with van der Waals surface area (Å²) in [4.78, 5) is 10.9. The smallest absolute Gasteiger partial charge is 0.330 e. The zero-order valence-electron chi connectivity index (χ0n) is 9.11. The van der Waals surface area contributed by atoms with Crippen molar-refractivity contribution in [3.8, 4) is 5.75 Å². The Bertz CT molecular complexity index is 380. The molecule has 0 heterocycles. The Morgan fingerprint density at radius 2 is 2.07 bits per heavy atom. The standard InChI is InChI=1S/C12H14O3/c1-9-4-5-10(11(8-9)14-2)6-7-12(13)15-3/h4-8H,1-3H3. The molecule has 1 rings (SSSR count). The lowest BCUT2D eigenvalue weighted by atomic mass is 10.1. The van der Waals surface area contributed by atoms with E-state index in [2.05, 4.69) is 4.74 Å². The molecule has 0 spiro atoms. The summed E-state index contributed by atoms with van der Waals surface area (Å²) in [5, 5.41) is 0. The van der Waals surface area contributed by atoms with Crippen LogP contribution in [0.3, 0.4) is 0 Å². The van der Waals surface area contributed by atoms with Gasteiger partial charge < -0.3 is 9.47 Å². The number of methoxy groups -OCH3 is 2. The number of hydrogen-bond acceptors (Lipinski definition) is 3. The molecule has 0 aliphatic heterocycles. The van der Waals surface area contributed by atoms with E-state index >= 15 is 0 Å². The normalized spacial score (nSPS) is 10.3. The molecule has 0 fully saturated rings. The molecule has 3 heteroatoms. The molecule has 0 unspecified atom stereocenters. The Morgan fingerprint density at radius 1 is 1.33 bits per heavy atom. The number of carbonyl (C=O) groups is 1. The highest BCUT2D eigenvalue weighted by Gasteiger charge is 2.00. The molecule has 0 aliphatic carbocycles. The molecule has 0 N–H and O–H groups in total. The second-order valence-electron chi connectivity index (χ2n) is 3.10. The minimum Gasteiger partial charge on any atom is -0.496 e. The lowest BCUT2D eigenvalue weighted by molar-refractivity contribution is -0.134. The molecule has 1 aromatic rings. The molecule has 0 aliphatic rings. The Labute approximate surface area is 89.3 Å². The third-order valence-corrected chi connectivity index (χ3v) is 1.99. The van der Waals surface area contributed by atoms with Crippen molar-refractivity contribution in [2.75, 3.05) is 14.2 Å². The van der Waals surface area contributed by atoms with E-state index in [1.807, 2.05) is 25.1 Å². The first kappa shape index (κ1) is 11.3. The Balaban J connectivity index is 2.94. The quantitative estimate of drug-likeness (QED) is 0.561. The van der Waals surface area contributed by atoms with Gasteiger partial charge in [0.15, 0.2) is 0 Å². The van der Waals surface area contributed by atoms with Gasteiger partial charge in [0.1, 0.15) is 5.75 Å². The summed E-state index contributed by atoms with van der Waals surface area (Å²) in [5.41, 5.74) is 1.97. The van der Waals surface area contributed by atoms with Crippen LogP contribution in [0.4, 0.5) is 0 Å². The number of hydrogen-bond donors (Lipinski definition) is 0. The summed E-state index contributed by atoms with van der Waals surface area (Å²) in [6, 6.07) is 5.77. The van der Waals surface area contributed by atoms with Gasteiger partial charge in [0.2, 0.25) is 0 Å². The van der Waals surface area contributed by atoms with Crippen LogP contribution < -0.4 is 4.74 Å². The molecule has 0 radical (unpaired) electrons. The Kier molecular flexibility index (Phi) is 3.92. The summed E-state index contributed by atoms with van der Waals surface area (Å²) >= 11 is 0. The van der Waals surface area contributed by atoms with Crippen molar-refractivity contribution in [2.45, 2.75) is 6.92 Å². The van der Waals surface area contributed by atoms with Gasteiger partial charge in [-0.05, 0) is 24.6 Å². The maximum absolute atomic E-state index is 10.9. The molecular formula is C12H14O3. The predicted octanol–water partition coefficient (Wildman–Crippen LogP) is 2.19. The highest BCUT2D eigenvalue weighted by atomic mass is 16.5. The summed E-state index contributed by atoms with van der Waals surface area (Å²) < 4.78 is 9.69. The summed E-state index contributed by atoms with van der Waals surface area (Å²) in [5.74, 6) is 0.368. The fourth-order valence-corrected chi connectivity index (χ4v) is 1.18. The fourth-order valence-electron chi connectivity index (χ4n) is 1.18. The van der Waals surface area contributed by atoms with Crippen molar-refractivity contribution in [3.63, 3.8) is 0 Å². The average molecular weight is 206 g/mol. The monoisotopic (exact) mass is 206 g/mol. The van der Waals surface area contributed by atoms with Crippen molar-refractivity contribution < 1.29 is 14.3 Å². The zero-order chi connectivity index (χ0) is 11.3. The second-order valence-corrected chi connectivity index (χ2v) is 3.10. The minimum absolute atomic E-state index is 0.377. The molecule has 1 aromatic carbocycles. The Hall–Kier alpha value is -1.77. The molecule has 3 nitrogen and oxygen atoms in total. The molecule has 0 bridgehead atoms. The number of ether oxygens (including phenoxy) is 2. The lowest BCUT2D eigenvalue weighted by Gasteiger charge is -2.05.